The molecule has 1 aliphatic rings. The highest BCUT2D eigenvalue weighted by molar-refractivity contribution is 7.92. The minimum atomic E-state index is -4.27. The molecule has 0 fully saturated rings. The minimum Gasteiger partial charge on any atom is -0.483 e. The minimum absolute atomic E-state index is 0.0685. The average Bonchev–Trinajstić information content (AvgIpc) is 2.81. The van der Waals surface area contributed by atoms with E-state index in [4.69, 9.17) is 16.3 Å². The van der Waals surface area contributed by atoms with Crippen LogP contribution in [-0.2, 0) is 14.8 Å². The highest BCUT2D eigenvalue weighted by Crippen LogP contribution is 2.44. The normalized spacial score (nSPS) is 16.3. The number of hydrogen-bond acceptors (Lipinski definition) is 4. The first kappa shape index (κ1) is 25.8. The summed E-state index contributed by atoms with van der Waals surface area (Å²) in [6, 6.07) is 9.73. The highest BCUT2D eigenvalue weighted by Gasteiger charge is 2.38. The van der Waals surface area contributed by atoms with Crippen molar-refractivity contribution in [1.29, 1.82) is 0 Å². The van der Waals surface area contributed by atoms with Gasteiger partial charge in [0, 0.05) is 11.6 Å². The molecule has 0 spiro atoms. The second kappa shape index (κ2) is 9.67. The lowest BCUT2D eigenvalue weighted by Crippen LogP contribution is -2.44. The Hall–Kier alpha value is -3.24. The number of aliphatic carboxylic acids is 1. The molecular formula is C25H21ClF3NO5S. The van der Waals surface area contributed by atoms with Crippen LogP contribution in [-0.4, -0.2) is 32.1 Å². The van der Waals surface area contributed by atoms with E-state index in [-0.39, 0.29) is 34.7 Å². The summed E-state index contributed by atoms with van der Waals surface area (Å²) < 4.78 is 77.4. The second-order valence-electron chi connectivity index (χ2n) is 8.62. The molecule has 0 saturated carbocycles. The fraction of sp³-hybridized carbons (Fsp3) is 0.240. The molecule has 3 aromatic carbocycles. The zero-order valence-corrected chi connectivity index (χ0v) is 20.7. The molecule has 1 aliphatic heterocycles. The summed E-state index contributed by atoms with van der Waals surface area (Å²) in [6.07, 6.45) is -1.06. The Morgan fingerprint density at radius 2 is 1.89 bits per heavy atom. The van der Waals surface area contributed by atoms with E-state index in [0.29, 0.717) is 11.6 Å². The van der Waals surface area contributed by atoms with Gasteiger partial charge in [0.2, 0.25) is 0 Å². The van der Waals surface area contributed by atoms with Gasteiger partial charge in [0.15, 0.2) is 11.6 Å². The van der Waals surface area contributed by atoms with Crippen LogP contribution in [0.5, 0.6) is 5.75 Å². The van der Waals surface area contributed by atoms with Gasteiger partial charge in [-0.25, -0.2) is 21.6 Å². The van der Waals surface area contributed by atoms with Gasteiger partial charge in [0.25, 0.3) is 10.0 Å². The van der Waals surface area contributed by atoms with E-state index >= 15 is 4.39 Å². The van der Waals surface area contributed by atoms with Crippen molar-refractivity contribution in [3.63, 3.8) is 0 Å². The first-order valence-electron chi connectivity index (χ1n) is 10.9. The molecule has 2 atom stereocenters. The number of carboxylic acid groups (broad SMARTS) is 1. The number of fused-ring (bicyclic) bond motifs is 1. The van der Waals surface area contributed by atoms with Crippen molar-refractivity contribution in [1.82, 2.24) is 0 Å². The van der Waals surface area contributed by atoms with Gasteiger partial charge >= 0.3 is 5.97 Å². The van der Waals surface area contributed by atoms with Gasteiger partial charge in [-0.15, -0.1) is 0 Å². The zero-order chi connectivity index (χ0) is 26.4. The van der Waals surface area contributed by atoms with Crippen LogP contribution in [0.1, 0.15) is 18.9 Å². The molecule has 0 bridgehead atoms. The summed E-state index contributed by atoms with van der Waals surface area (Å²) in [5, 5.41) is 8.83. The van der Waals surface area contributed by atoms with E-state index in [2.05, 4.69) is 0 Å². The van der Waals surface area contributed by atoms with Crippen molar-refractivity contribution in [2.75, 3.05) is 10.8 Å². The number of nitrogens with zero attached hydrogens (tertiary/aromatic N) is 1. The van der Waals surface area contributed by atoms with E-state index < -0.39 is 56.2 Å². The molecule has 3 aromatic rings. The second-order valence-corrected chi connectivity index (χ2v) is 10.9. The Labute approximate surface area is 210 Å². The SMILES string of the molecule is Cc1cccc(S(=O)(=O)N2C[C@H](C[C@@H](C)C(=O)O)Oc3c(F)cc(-c4cc(F)cc(F)c4Cl)cc32)c1. The number of halogens is 4. The lowest BCUT2D eigenvalue weighted by atomic mass is 10.0. The van der Waals surface area contributed by atoms with Crippen LogP contribution in [0.2, 0.25) is 5.02 Å². The standard InChI is InChI=1S/C25H21ClF3NO5S/c1-13-4-3-5-18(6-13)36(33,34)30-12-17(7-14(2)25(31)32)35-24-21(29)8-15(9-22(24)30)19-10-16(27)11-20(28)23(19)26/h3-6,8-11,14,17H,7,12H2,1-2H3,(H,31,32)/t14-,17+/m1/s1. The van der Waals surface area contributed by atoms with Crippen LogP contribution >= 0.6 is 11.6 Å². The van der Waals surface area contributed by atoms with Crippen molar-refractivity contribution in [3.8, 4) is 16.9 Å². The number of sulfonamides is 1. The zero-order valence-electron chi connectivity index (χ0n) is 19.1. The Morgan fingerprint density at radius 1 is 1.17 bits per heavy atom. The average molecular weight is 540 g/mol. The van der Waals surface area contributed by atoms with Crippen molar-refractivity contribution in [3.05, 3.63) is 76.6 Å². The van der Waals surface area contributed by atoms with Gasteiger partial charge in [0.1, 0.15) is 17.7 Å². The molecule has 4 rings (SSSR count). The molecule has 36 heavy (non-hydrogen) atoms. The first-order valence-corrected chi connectivity index (χ1v) is 12.7. The van der Waals surface area contributed by atoms with Gasteiger partial charge in [-0.05, 0) is 54.8 Å². The molecule has 0 aliphatic carbocycles. The number of ether oxygens (including phenoxy) is 1. The van der Waals surface area contributed by atoms with Gasteiger partial charge < -0.3 is 9.84 Å². The molecular weight excluding hydrogens is 519 g/mol. The number of hydrogen-bond donors (Lipinski definition) is 1. The fourth-order valence-corrected chi connectivity index (χ4v) is 5.85. The number of aryl methyl sites for hydroxylation is 1. The first-order chi connectivity index (χ1) is 16.9. The van der Waals surface area contributed by atoms with Gasteiger partial charge in [-0.2, -0.15) is 0 Å². The van der Waals surface area contributed by atoms with E-state index in [0.717, 1.165) is 16.4 Å². The number of anilines is 1. The lowest BCUT2D eigenvalue weighted by molar-refractivity contribution is -0.142. The van der Waals surface area contributed by atoms with Crippen LogP contribution in [0.25, 0.3) is 11.1 Å². The monoisotopic (exact) mass is 539 g/mol. The molecule has 0 saturated heterocycles. The maximum Gasteiger partial charge on any atom is 0.306 e. The predicted octanol–water partition coefficient (Wildman–Crippen LogP) is 5.80. The maximum atomic E-state index is 15.4. The van der Waals surface area contributed by atoms with Gasteiger partial charge in [-0.1, -0.05) is 30.7 Å². The quantitative estimate of drug-likeness (QED) is 0.400. The summed E-state index contributed by atoms with van der Waals surface area (Å²) in [7, 11) is -4.27. The Bertz CT molecular complexity index is 1460. The van der Waals surface area contributed by atoms with Crippen LogP contribution < -0.4 is 9.04 Å². The summed E-state index contributed by atoms with van der Waals surface area (Å²) in [5.74, 6) is -5.44. The molecule has 1 N–H and O–H groups in total. The maximum absolute atomic E-state index is 15.4. The van der Waals surface area contributed by atoms with Crippen LogP contribution in [0.15, 0.2) is 53.4 Å². The smallest absolute Gasteiger partial charge is 0.306 e. The van der Waals surface area contributed by atoms with Crippen molar-refractivity contribution < 1.29 is 36.2 Å². The number of benzene rings is 3. The predicted molar refractivity (Wildman–Crippen MR) is 128 cm³/mol. The molecule has 11 heteroatoms. The molecule has 190 valence electrons. The molecule has 0 unspecified atom stereocenters. The molecule has 0 aromatic heterocycles. The summed E-state index contributed by atoms with van der Waals surface area (Å²) >= 11 is 6.00. The Balaban J connectivity index is 1.90. The third-order valence-electron chi connectivity index (χ3n) is 5.87. The largest absolute Gasteiger partial charge is 0.483 e. The molecule has 0 radical (unpaired) electrons. The summed E-state index contributed by atoms with van der Waals surface area (Å²) in [5.41, 5.74) is 0.222. The summed E-state index contributed by atoms with van der Waals surface area (Å²) in [6.45, 7) is 2.83. The number of carboxylic acids is 1. The number of rotatable bonds is 6. The fourth-order valence-electron chi connectivity index (χ4n) is 4.04. The van der Waals surface area contributed by atoms with Crippen molar-refractivity contribution >= 4 is 33.3 Å². The van der Waals surface area contributed by atoms with Crippen molar-refractivity contribution in [2.45, 2.75) is 31.3 Å². The summed E-state index contributed by atoms with van der Waals surface area (Å²) in [4.78, 5) is 11.3. The van der Waals surface area contributed by atoms with E-state index in [1.807, 2.05) is 0 Å². The molecule has 1 heterocycles. The lowest BCUT2D eigenvalue weighted by Gasteiger charge is -2.36. The highest BCUT2D eigenvalue weighted by atomic mass is 35.5. The Morgan fingerprint density at radius 3 is 2.56 bits per heavy atom. The van der Waals surface area contributed by atoms with Crippen LogP contribution in [0, 0.1) is 30.3 Å². The van der Waals surface area contributed by atoms with Gasteiger partial charge in [-0.3, -0.25) is 9.10 Å². The topological polar surface area (TPSA) is 83.9 Å². The third kappa shape index (κ3) is 4.87. The third-order valence-corrected chi connectivity index (χ3v) is 8.03. The van der Waals surface area contributed by atoms with Crippen LogP contribution in [0.4, 0.5) is 18.9 Å². The molecule has 6 nitrogen and oxygen atoms in total. The van der Waals surface area contributed by atoms with E-state index in [1.54, 1.807) is 19.1 Å². The van der Waals surface area contributed by atoms with Gasteiger partial charge in [0.05, 0.1) is 28.1 Å². The molecule has 0 amide bonds. The van der Waals surface area contributed by atoms with Crippen molar-refractivity contribution in [2.24, 2.45) is 5.92 Å². The van der Waals surface area contributed by atoms with E-state index in [1.165, 1.54) is 25.1 Å². The number of carbonyl (C=O) groups is 1. The Kier molecular flexibility index (Phi) is 6.94. The van der Waals surface area contributed by atoms with E-state index in [9.17, 15) is 27.1 Å². The van der Waals surface area contributed by atoms with Crippen LogP contribution in [0.3, 0.4) is 0 Å².